The molecule has 0 saturated carbocycles. The van der Waals surface area contributed by atoms with Gasteiger partial charge in [-0.3, -0.25) is 0 Å². The highest BCUT2D eigenvalue weighted by molar-refractivity contribution is 9.10. The zero-order valence-electron chi connectivity index (χ0n) is 13.5. The number of fused-ring (bicyclic) bond motifs is 1. The van der Waals surface area contributed by atoms with Crippen LogP contribution in [0.15, 0.2) is 58.4 Å². The molecule has 5 heteroatoms. The Balaban J connectivity index is 1.53. The van der Waals surface area contributed by atoms with E-state index in [1.165, 1.54) is 15.6 Å². The average molecular weight is 403 g/mol. The molecule has 1 aromatic heterocycles. The Morgan fingerprint density at radius 3 is 2.71 bits per heavy atom. The van der Waals surface area contributed by atoms with Crippen molar-refractivity contribution in [3.8, 4) is 0 Å². The Bertz CT molecular complexity index is 846. The SMILES string of the molecule is CN(Cc1ccccc1Br)C(=O)NCCc1csc2ccccc12. The van der Waals surface area contributed by atoms with Crippen LogP contribution in [-0.4, -0.2) is 24.5 Å². The number of amides is 2. The number of rotatable bonds is 5. The van der Waals surface area contributed by atoms with Gasteiger partial charge in [0, 0.05) is 29.3 Å². The van der Waals surface area contributed by atoms with Gasteiger partial charge in [-0.2, -0.15) is 0 Å². The minimum atomic E-state index is -0.0507. The molecular formula is C19H19BrN2OS. The first-order valence-corrected chi connectivity index (χ1v) is 9.50. The molecule has 0 radical (unpaired) electrons. The zero-order valence-corrected chi connectivity index (χ0v) is 15.9. The van der Waals surface area contributed by atoms with Gasteiger partial charge in [-0.25, -0.2) is 4.79 Å². The fourth-order valence-corrected chi connectivity index (χ4v) is 4.03. The first kappa shape index (κ1) is 17.0. The molecule has 0 spiro atoms. The number of carbonyl (C=O) groups is 1. The highest BCUT2D eigenvalue weighted by Crippen LogP contribution is 2.25. The van der Waals surface area contributed by atoms with Crippen LogP contribution in [0.1, 0.15) is 11.1 Å². The molecule has 24 heavy (non-hydrogen) atoms. The quantitative estimate of drug-likeness (QED) is 0.636. The summed E-state index contributed by atoms with van der Waals surface area (Å²) in [6, 6.07) is 16.3. The molecule has 0 atom stereocenters. The number of benzene rings is 2. The molecule has 3 aromatic rings. The summed E-state index contributed by atoms with van der Waals surface area (Å²) in [4.78, 5) is 14.0. The number of urea groups is 1. The van der Waals surface area contributed by atoms with E-state index in [-0.39, 0.29) is 6.03 Å². The van der Waals surface area contributed by atoms with Crippen LogP contribution in [0.3, 0.4) is 0 Å². The largest absolute Gasteiger partial charge is 0.338 e. The van der Waals surface area contributed by atoms with Gasteiger partial charge >= 0.3 is 6.03 Å². The Hall–Kier alpha value is -1.85. The van der Waals surface area contributed by atoms with E-state index in [0.717, 1.165) is 16.5 Å². The Labute approximate surface area is 154 Å². The van der Waals surface area contributed by atoms with Crippen LogP contribution in [0.2, 0.25) is 0 Å². The summed E-state index contributed by atoms with van der Waals surface area (Å²) in [5, 5.41) is 6.47. The monoisotopic (exact) mass is 402 g/mol. The average Bonchev–Trinajstić information content (AvgIpc) is 3.00. The fourth-order valence-electron chi connectivity index (χ4n) is 2.62. The molecule has 2 aromatic carbocycles. The van der Waals surface area contributed by atoms with Gasteiger partial charge in [-0.1, -0.05) is 52.3 Å². The van der Waals surface area contributed by atoms with Crippen molar-refractivity contribution < 1.29 is 4.79 Å². The second-order valence-electron chi connectivity index (χ2n) is 5.69. The highest BCUT2D eigenvalue weighted by Gasteiger charge is 2.10. The highest BCUT2D eigenvalue weighted by atomic mass is 79.9. The lowest BCUT2D eigenvalue weighted by Gasteiger charge is -2.18. The molecule has 3 rings (SSSR count). The van der Waals surface area contributed by atoms with Crippen LogP contribution >= 0.6 is 27.3 Å². The van der Waals surface area contributed by atoms with Crippen LogP contribution in [0.5, 0.6) is 0 Å². The third-order valence-corrected chi connectivity index (χ3v) is 5.73. The van der Waals surface area contributed by atoms with Gasteiger partial charge in [0.25, 0.3) is 0 Å². The lowest BCUT2D eigenvalue weighted by atomic mass is 10.1. The fraction of sp³-hybridized carbons (Fsp3) is 0.211. The topological polar surface area (TPSA) is 32.3 Å². The van der Waals surface area contributed by atoms with E-state index in [9.17, 15) is 4.79 Å². The molecule has 3 nitrogen and oxygen atoms in total. The number of carbonyl (C=O) groups excluding carboxylic acids is 1. The lowest BCUT2D eigenvalue weighted by molar-refractivity contribution is 0.207. The van der Waals surface area contributed by atoms with Gasteiger partial charge in [0.05, 0.1) is 0 Å². The number of halogens is 1. The van der Waals surface area contributed by atoms with Crippen LogP contribution in [0, 0.1) is 0 Å². The molecule has 124 valence electrons. The van der Waals surface area contributed by atoms with Crippen LogP contribution in [0.4, 0.5) is 4.79 Å². The van der Waals surface area contributed by atoms with E-state index in [2.05, 4.69) is 50.9 Å². The number of thiophene rings is 1. The van der Waals surface area contributed by atoms with Gasteiger partial charge in [-0.05, 0) is 40.4 Å². The van der Waals surface area contributed by atoms with E-state index < -0.39 is 0 Å². The molecule has 0 bridgehead atoms. The van der Waals surface area contributed by atoms with Crippen LogP contribution in [-0.2, 0) is 13.0 Å². The maximum atomic E-state index is 12.3. The predicted molar refractivity (Wildman–Crippen MR) is 105 cm³/mol. The van der Waals surface area contributed by atoms with Crippen molar-refractivity contribution in [3.05, 3.63) is 69.5 Å². The van der Waals surface area contributed by atoms with Crippen molar-refractivity contribution in [2.75, 3.05) is 13.6 Å². The third kappa shape index (κ3) is 3.97. The molecule has 1 heterocycles. The first-order valence-electron chi connectivity index (χ1n) is 7.82. The second-order valence-corrected chi connectivity index (χ2v) is 7.45. The Morgan fingerprint density at radius 2 is 1.88 bits per heavy atom. The van der Waals surface area contributed by atoms with Crippen LogP contribution in [0.25, 0.3) is 10.1 Å². The molecule has 0 aliphatic carbocycles. The van der Waals surface area contributed by atoms with E-state index in [4.69, 9.17) is 0 Å². The first-order chi connectivity index (χ1) is 11.6. The van der Waals surface area contributed by atoms with E-state index >= 15 is 0 Å². The van der Waals surface area contributed by atoms with Crippen molar-refractivity contribution in [3.63, 3.8) is 0 Å². The zero-order chi connectivity index (χ0) is 16.9. The molecule has 0 fully saturated rings. The molecule has 1 N–H and O–H groups in total. The summed E-state index contributed by atoms with van der Waals surface area (Å²) in [5.41, 5.74) is 2.39. The summed E-state index contributed by atoms with van der Waals surface area (Å²) < 4.78 is 2.32. The van der Waals surface area contributed by atoms with Crippen molar-refractivity contribution in [1.29, 1.82) is 0 Å². The summed E-state index contributed by atoms with van der Waals surface area (Å²) in [6.07, 6.45) is 0.846. The number of hydrogen-bond acceptors (Lipinski definition) is 2. The van der Waals surface area contributed by atoms with E-state index in [1.807, 2.05) is 31.3 Å². The smallest absolute Gasteiger partial charge is 0.317 e. The molecule has 2 amide bonds. The van der Waals surface area contributed by atoms with Crippen molar-refractivity contribution in [2.45, 2.75) is 13.0 Å². The van der Waals surface area contributed by atoms with Gasteiger partial charge in [-0.15, -0.1) is 11.3 Å². The lowest BCUT2D eigenvalue weighted by Crippen LogP contribution is -2.37. The maximum absolute atomic E-state index is 12.3. The normalized spacial score (nSPS) is 10.8. The summed E-state index contributed by atoms with van der Waals surface area (Å²) in [6.45, 7) is 1.22. The molecule has 0 aliphatic heterocycles. The number of nitrogens with zero attached hydrogens (tertiary/aromatic N) is 1. The molecule has 0 aliphatic rings. The number of hydrogen-bond donors (Lipinski definition) is 1. The van der Waals surface area contributed by atoms with Crippen molar-refractivity contribution >= 4 is 43.4 Å². The van der Waals surface area contributed by atoms with Gasteiger partial charge in [0.15, 0.2) is 0 Å². The standard InChI is InChI=1S/C19H19BrN2OS/c1-22(12-14-6-2-4-8-17(14)20)19(23)21-11-10-15-13-24-18-9-5-3-7-16(15)18/h2-9,13H,10-12H2,1H3,(H,21,23). The predicted octanol–water partition coefficient (Wildman–Crippen LogP) is 5.05. The van der Waals surface area contributed by atoms with Crippen LogP contribution < -0.4 is 5.32 Å². The van der Waals surface area contributed by atoms with E-state index in [0.29, 0.717) is 13.1 Å². The minimum absolute atomic E-state index is 0.0507. The summed E-state index contributed by atoms with van der Waals surface area (Å²) in [7, 11) is 1.81. The van der Waals surface area contributed by atoms with Crippen molar-refractivity contribution in [1.82, 2.24) is 10.2 Å². The second kappa shape index (κ2) is 7.81. The summed E-state index contributed by atoms with van der Waals surface area (Å²) in [5.74, 6) is 0. The van der Waals surface area contributed by atoms with Gasteiger partial charge in [0.2, 0.25) is 0 Å². The molecule has 0 saturated heterocycles. The van der Waals surface area contributed by atoms with E-state index in [1.54, 1.807) is 16.2 Å². The molecule has 0 unspecified atom stereocenters. The Kier molecular flexibility index (Phi) is 5.53. The third-order valence-electron chi connectivity index (χ3n) is 3.94. The maximum Gasteiger partial charge on any atom is 0.317 e. The summed E-state index contributed by atoms with van der Waals surface area (Å²) >= 11 is 5.27. The minimum Gasteiger partial charge on any atom is -0.338 e. The molecular weight excluding hydrogens is 384 g/mol. The number of nitrogens with one attached hydrogen (secondary N) is 1. The van der Waals surface area contributed by atoms with Crippen molar-refractivity contribution in [2.24, 2.45) is 0 Å². The Morgan fingerprint density at radius 1 is 1.12 bits per heavy atom. The van der Waals surface area contributed by atoms with Gasteiger partial charge in [0.1, 0.15) is 0 Å². The van der Waals surface area contributed by atoms with Gasteiger partial charge < -0.3 is 10.2 Å².